The van der Waals surface area contributed by atoms with Crippen LogP contribution in [0.2, 0.25) is 0 Å². The Hall–Kier alpha value is -1.55. The van der Waals surface area contributed by atoms with E-state index in [0.29, 0.717) is 18.9 Å². The second kappa shape index (κ2) is 8.34. The number of rotatable bonds is 7. The van der Waals surface area contributed by atoms with Crippen molar-refractivity contribution in [3.05, 3.63) is 35.9 Å². The van der Waals surface area contributed by atoms with Gasteiger partial charge in [-0.3, -0.25) is 0 Å². The molecule has 0 aliphatic heterocycles. The van der Waals surface area contributed by atoms with Crippen molar-refractivity contribution in [1.82, 2.24) is 10.6 Å². The number of amides is 2. The summed E-state index contributed by atoms with van der Waals surface area (Å²) in [4.78, 5) is 12.3. The van der Waals surface area contributed by atoms with E-state index in [-0.39, 0.29) is 24.1 Å². The fourth-order valence-electron chi connectivity index (χ4n) is 3.33. The van der Waals surface area contributed by atoms with E-state index >= 15 is 0 Å². The monoisotopic (exact) mass is 318 g/mol. The van der Waals surface area contributed by atoms with E-state index in [2.05, 4.69) is 36.6 Å². The minimum atomic E-state index is -0.114. The summed E-state index contributed by atoms with van der Waals surface area (Å²) in [5.74, 6) is 0.522. The number of benzene rings is 1. The molecule has 1 aliphatic rings. The van der Waals surface area contributed by atoms with Crippen LogP contribution >= 0.6 is 0 Å². The van der Waals surface area contributed by atoms with Gasteiger partial charge in [-0.15, -0.1) is 0 Å². The van der Waals surface area contributed by atoms with E-state index in [1.165, 1.54) is 31.2 Å². The average Bonchev–Trinajstić information content (AvgIpc) is 3.06. The van der Waals surface area contributed by atoms with Gasteiger partial charge < -0.3 is 15.7 Å². The summed E-state index contributed by atoms with van der Waals surface area (Å²) in [7, 11) is 0. The summed E-state index contributed by atoms with van der Waals surface area (Å²) in [6, 6.07) is 10.2. The molecule has 0 aromatic heterocycles. The second-order valence-electron chi connectivity index (χ2n) is 7.40. The van der Waals surface area contributed by atoms with Gasteiger partial charge in [0.15, 0.2) is 0 Å². The lowest BCUT2D eigenvalue weighted by atomic mass is 9.90. The van der Waals surface area contributed by atoms with E-state index in [1.54, 1.807) is 0 Å². The van der Waals surface area contributed by atoms with Crippen LogP contribution in [-0.4, -0.2) is 24.3 Å². The Kier molecular flexibility index (Phi) is 6.46. The molecule has 3 N–H and O–H groups in total. The summed E-state index contributed by atoms with van der Waals surface area (Å²) in [5.41, 5.74) is 1.09. The Balaban J connectivity index is 1.96. The van der Waals surface area contributed by atoms with Gasteiger partial charge in [0.25, 0.3) is 0 Å². The molecular formula is C19H30N2O2. The highest BCUT2D eigenvalue weighted by molar-refractivity contribution is 5.74. The molecule has 0 saturated heterocycles. The quantitative estimate of drug-likeness (QED) is 0.719. The molecule has 1 fully saturated rings. The van der Waals surface area contributed by atoms with Gasteiger partial charge in [0.1, 0.15) is 0 Å². The van der Waals surface area contributed by atoms with Gasteiger partial charge in [-0.1, -0.05) is 57.0 Å². The maximum Gasteiger partial charge on any atom is 0.315 e. The zero-order valence-electron chi connectivity index (χ0n) is 14.3. The van der Waals surface area contributed by atoms with Gasteiger partial charge in [0, 0.05) is 13.2 Å². The minimum absolute atomic E-state index is 0.0830. The zero-order chi connectivity index (χ0) is 16.7. The summed E-state index contributed by atoms with van der Waals surface area (Å²) in [6.45, 7) is 4.81. The number of aliphatic hydroxyl groups is 1. The fraction of sp³-hybridized carbons (Fsp3) is 0.632. The van der Waals surface area contributed by atoms with Gasteiger partial charge in [-0.2, -0.15) is 0 Å². The fourth-order valence-corrected chi connectivity index (χ4v) is 3.33. The standard InChI is InChI=1S/C19H30N2O2/c1-19(2,12-13-22)14-20-18(23)21-17(16-10-6-7-11-16)15-8-4-3-5-9-15/h3-5,8-9,16-17,22H,6-7,10-14H2,1-2H3,(H2,20,21,23). The van der Waals surface area contributed by atoms with Crippen LogP contribution < -0.4 is 10.6 Å². The van der Waals surface area contributed by atoms with Crippen molar-refractivity contribution in [3.8, 4) is 0 Å². The molecule has 0 heterocycles. The molecule has 4 nitrogen and oxygen atoms in total. The SMILES string of the molecule is CC(C)(CCO)CNC(=O)NC(c1ccccc1)C1CCCC1. The summed E-state index contributed by atoms with van der Waals surface area (Å²) < 4.78 is 0. The van der Waals surface area contributed by atoms with Crippen molar-refractivity contribution in [2.75, 3.05) is 13.2 Å². The smallest absolute Gasteiger partial charge is 0.315 e. The van der Waals surface area contributed by atoms with Crippen molar-refractivity contribution in [2.45, 2.75) is 52.0 Å². The first-order chi connectivity index (χ1) is 11.0. The lowest BCUT2D eigenvalue weighted by Gasteiger charge is -2.28. The Morgan fingerprint density at radius 2 is 1.91 bits per heavy atom. The molecule has 1 aromatic rings. The zero-order valence-corrected chi connectivity index (χ0v) is 14.3. The first-order valence-corrected chi connectivity index (χ1v) is 8.72. The van der Waals surface area contributed by atoms with E-state index in [1.807, 2.05) is 18.2 Å². The molecule has 1 saturated carbocycles. The Labute approximate surface area is 139 Å². The predicted octanol–water partition coefficient (Wildman–Crippen LogP) is 3.63. The molecular weight excluding hydrogens is 288 g/mol. The second-order valence-corrected chi connectivity index (χ2v) is 7.40. The minimum Gasteiger partial charge on any atom is -0.396 e. The van der Waals surface area contributed by atoms with Crippen LogP contribution in [0.15, 0.2) is 30.3 Å². The molecule has 1 aromatic carbocycles. The van der Waals surface area contributed by atoms with Gasteiger partial charge in [0.2, 0.25) is 0 Å². The first-order valence-electron chi connectivity index (χ1n) is 8.72. The van der Waals surface area contributed by atoms with Gasteiger partial charge >= 0.3 is 6.03 Å². The molecule has 2 amide bonds. The van der Waals surface area contributed by atoms with Crippen LogP contribution in [0.1, 0.15) is 57.6 Å². The third-order valence-electron chi connectivity index (χ3n) is 4.83. The molecule has 0 radical (unpaired) electrons. The molecule has 128 valence electrons. The Bertz CT molecular complexity index is 481. The average molecular weight is 318 g/mol. The normalized spacial score (nSPS) is 17.0. The van der Waals surface area contributed by atoms with Crippen molar-refractivity contribution in [1.29, 1.82) is 0 Å². The first kappa shape index (κ1) is 17.8. The number of hydrogen-bond acceptors (Lipinski definition) is 2. The third kappa shape index (κ3) is 5.54. The summed E-state index contributed by atoms with van der Waals surface area (Å²) in [5, 5.41) is 15.2. The lowest BCUT2D eigenvalue weighted by molar-refractivity contribution is 0.198. The molecule has 23 heavy (non-hydrogen) atoms. The number of hydrogen-bond donors (Lipinski definition) is 3. The Morgan fingerprint density at radius 3 is 2.52 bits per heavy atom. The largest absolute Gasteiger partial charge is 0.396 e. The highest BCUT2D eigenvalue weighted by Gasteiger charge is 2.28. The summed E-state index contributed by atoms with van der Waals surface area (Å²) in [6.07, 6.45) is 5.53. The van der Waals surface area contributed by atoms with E-state index < -0.39 is 0 Å². The molecule has 4 heteroatoms. The topological polar surface area (TPSA) is 61.4 Å². The molecule has 0 spiro atoms. The maximum absolute atomic E-state index is 12.3. The van der Waals surface area contributed by atoms with E-state index in [0.717, 1.165) is 0 Å². The molecule has 1 aliphatic carbocycles. The van der Waals surface area contributed by atoms with Crippen molar-refractivity contribution in [3.63, 3.8) is 0 Å². The number of carbonyl (C=O) groups is 1. The van der Waals surface area contributed by atoms with Crippen molar-refractivity contribution in [2.24, 2.45) is 11.3 Å². The molecule has 1 unspecified atom stereocenters. The highest BCUT2D eigenvalue weighted by Crippen LogP contribution is 2.35. The molecule has 0 bridgehead atoms. The number of carbonyl (C=O) groups excluding carboxylic acids is 1. The number of aliphatic hydroxyl groups excluding tert-OH is 1. The van der Waals surface area contributed by atoms with Crippen LogP contribution in [0.4, 0.5) is 4.79 Å². The van der Waals surface area contributed by atoms with Crippen LogP contribution in [-0.2, 0) is 0 Å². The van der Waals surface area contributed by atoms with Gasteiger partial charge in [0.05, 0.1) is 6.04 Å². The third-order valence-corrected chi connectivity index (χ3v) is 4.83. The van der Waals surface area contributed by atoms with Crippen LogP contribution in [0.5, 0.6) is 0 Å². The predicted molar refractivity (Wildman–Crippen MR) is 93.2 cm³/mol. The van der Waals surface area contributed by atoms with Gasteiger partial charge in [-0.25, -0.2) is 4.79 Å². The maximum atomic E-state index is 12.3. The highest BCUT2D eigenvalue weighted by atomic mass is 16.3. The molecule has 1 atom stereocenters. The summed E-state index contributed by atoms with van der Waals surface area (Å²) >= 11 is 0. The van der Waals surface area contributed by atoms with Crippen molar-refractivity contribution < 1.29 is 9.90 Å². The van der Waals surface area contributed by atoms with Gasteiger partial charge in [-0.05, 0) is 36.2 Å². The molecule has 2 rings (SSSR count). The van der Waals surface area contributed by atoms with Crippen LogP contribution in [0.3, 0.4) is 0 Å². The van der Waals surface area contributed by atoms with E-state index in [9.17, 15) is 4.79 Å². The number of nitrogens with one attached hydrogen (secondary N) is 2. The lowest BCUT2D eigenvalue weighted by Crippen LogP contribution is -2.43. The Morgan fingerprint density at radius 1 is 1.26 bits per heavy atom. The van der Waals surface area contributed by atoms with E-state index in [4.69, 9.17) is 5.11 Å². The van der Waals surface area contributed by atoms with Crippen molar-refractivity contribution >= 4 is 6.03 Å². The van der Waals surface area contributed by atoms with Crippen LogP contribution in [0.25, 0.3) is 0 Å². The van der Waals surface area contributed by atoms with Crippen LogP contribution in [0, 0.1) is 11.3 Å². The number of urea groups is 1.